The van der Waals surface area contributed by atoms with E-state index in [0.717, 1.165) is 32.2 Å². The Labute approximate surface area is 120 Å². The standard InChI is InChI=1S/C15H25N3O2/c1-12(2)17-15(14(19)20-3)8-4-6-13(15)7-11-18-10-5-9-16-18/h5,9-10,12-13,17H,4,6-8,11H2,1-3H3. The van der Waals surface area contributed by atoms with Gasteiger partial charge in [0.1, 0.15) is 5.54 Å². The molecule has 1 aliphatic rings. The maximum Gasteiger partial charge on any atom is 0.326 e. The number of rotatable bonds is 6. The van der Waals surface area contributed by atoms with Crippen LogP contribution in [-0.2, 0) is 16.1 Å². The number of aromatic nitrogens is 2. The molecule has 5 nitrogen and oxygen atoms in total. The molecule has 1 heterocycles. The summed E-state index contributed by atoms with van der Waals surface area (Å²) in [5.41, 5.74) is -0.518. The molecule has 0 aromatic carbocycles. The molecule has 1 N–H and O–H groups in total. The Morgan fingerprint density at radius 1 is 1.60 bits per heavy atom. The number of hydrogen-bond acceptors (Lipinski definition) is 4. The van der Waals surface area contributed by atoms with Crippen molar-refractivity contribution in [3.63, 3.8) is 0 Å². The van der Waals surface area contributed by atoms with E-state index in [9.17, 15) is 4.79 Å². The van der Waals surface area contributed by atoms with Crippen LogP contribution in [0.25, 0.3) is 0 Å². The van der Waals surface area contributed by atoms with Crippen LogP contribution in [0, 0.1) is 5.92 Å². The molecule has 0 aliphatic heterocycles. The summed E-state index contributed by atoms with van der Waals surface area (Å²) in [6.07, 6.45) is 7.69. The highest BCUT2D eigenvalue weighted by Crippen LogP contribution is 2.39. The number of ether oxygens (including phenoxy) is 1. The molecule has 2 unspecified atom stereocenters. The van der Waals surface area contributed by atoms with Crippen molar-refractivity contribution in [1.82, 2.24) is 15.1 Å². The molecule has 112 valence electrons. The second-order valence-electron chi connectivity index (χ2n) is 5.91. The minimum Gasteiger partial charge on any atom is -0.468 e. The van der Waals surface area contributed by atoms with Crippen molar-refractivity contribution < 1.29 is 9.53 Å². The van der Waals surface area contributed by atoms with Gasteiger partial charge < -0.3 is 4.74 Å². The summed E-state index contributed by atoms with van der Waals surface area (Å²) in [5, 5.41) is 7.71. The van der Waals surface area contributed by atoms with Crippen molar-refractivity contribution in [3.05, 3.63) is 18.5 Å². The number of nitrogens with one attached hydrogen (secondary N) is 1. The molecule has 20 heavy (non-hydrogen) atoms. The van der Waals surface area contributed by atoms with Crippen LogP contribution in [0.1, 0.15) is 39.5 Å². The van der Waals surface area contributed by atoms with Crippen LogP contribution >= 0.6 is 0 Å². The van der Waals surface area contributed by atoms with Crippen LogP contribution < -0.4 is 5.32 Å². The van der Waals surface area contributed by atoms with Crippen LogP contribution in [0.15, 0.2) is 18.5 Å². The summed E-state index contributed by atoms with van der Waals surface area (Å²) in [4.78, 5) is 12.3. The molecule has 0 bridgehead atoms. The van der Waals surface area contributed by atoms with Gasteiger partial charge in [0, 0.05) is 25.0 Å². The van der Waals surface area contributed by atoms with Crippen LogP contribution in [0.5, 0.6) is 0 Å². The highest BCUT2D eigenvalue weighted by atomic mass is 16.5. The minimum absolute atomic E-state index is 0.117. The average molecular weight is 279 g/mol. The van der Waals surface area contributed by atoms with E-state index in [1.165, 1.54) is 7.11 Å². The van der Waals surface area contributed by atoms with Crippen LogP contribution in [0.3, 0.4) is 0 Å². The van der Waals surface area contributed by atoms with E-state index in [2.05, 4.69) is 24.3 Å². The third kappa shape index (κ3) is 3.03. The van der Waals surface area contributed by atoms with Crippen molar-refractivity contribution in [2.24, 2.45) is 5.92 Å². The lowest BCUT2D eigenvalue weighted by Gasteiger charge is -2.35. The van der Waals surface area contributed by atoms with Crippen molar-refractivity contribution in [2.75, 3.05) is 7.11 Å². The third-order valence-electron chi connectivity index (χ3n) is 4.18. The number of hydrogen-bond donors (Lipinski definition) is 1. The van der Waals surface area contributed by atoms with Gasteiger partial charge in [-0.25, -0.2) is 0 Å². The molecule has 0 saturated heterocycles. The lowest BCUT2D eigenvalue weighted by atomic mass is 9.84. The van der Waals surface area contributed by atoms with E-state index in [1.807, 2.05) is 16.9 Å². The van der Waals surface area contributed by atoms with Gasteiger partial charge in [0.25, 0.3) is 0 Å². The fourth-order valence-electron chi connectivity index (χ4n) is 3.40. The first-order chi connectivity index (χ1) is 9.58. The monoisotopic (exact) mass is 279 g/mol. The zero-order valence-corrected chi connectivity index (χ0v) is 12.6. The topological polar surface area (TPSA) is 56.1 Å². The zero-order chi connectivity index (χ0) is 14.6. The van der Waals surface area contributed by atoms with Gasteiger partial charge in [-0.2, -0.15) is 5.10 Å². The second-order valence-corrected chi connectivity index (χ2v) is 5.91. The van der Waals surface area contributed by atoms with Gasteiger partial charge in [0.15, 0.2) is 0 Å². The Kier molecular flexibility index (Phi) is 4.81. The van der Waals surface area contributed by atoms with Gasteiger partial charge in [0.05, 0.1) is 7.11 Å². The molecule has 2 rings (SSSR count). The molecular weight excluding hydrogens is 254 g/mol. The molecule has 0 amide bonds. The molecule has 0 spiro atoms. The first-order valence-corrected chi connectivity index (χ1v) is 7.42. The fraction of sp³-hybridized carbons (Fsp3) is 0.733. The van der Waals surface area contributed by atoms with Crippen LogP contribution in [0.2, 0.25) is 0 Å². The second kappa shape index (κ2) is 6.39. The quantitative estimate of drug-likeness (QED) is 0.809. The van der Waals surface area contributed by atoms with E-state index < -0.39 is 5.54 Å². The van der Waals surface area contributed by atoms with Crippen molar-refractivity contribution in [1.29, 1.82) is 0 Å². The Hall–Kier alpha value is -1.36. The van der Waals surface area contributed by atoms with Gasteiger partial charge in [-0.1, -0.05) is 6.42 Å². The van der Waals surface area contributed by atoms with Crippen LogP contribution in [0.4, 0.5) is 0 Å². The van der Waals surface area contributed by atoms with E-state index in [0.29, 0.717) is 5.92 Å². The molecule has 1 saturated carbocycles. The molecule has 5 heteroatoms. The molecule has 0 radical (unpaired) electrons. The lowest BCUT2D eigenvalue weighted by Crippen LogP contribution is -2.57. The number of carbonyl (C=O) groups excluding carboxylic acids is 1. The largest absolute Gasteiger partial charge is 0.468 e. The van der Waals surface area contributed by atoms with Crippen molar-refractivity contribution >= 4 is 5.97 Å². The van der Waals surface area contributed by atoms with Gasteiger partial charge in [-0.05, 0) is 45.1 Å². The fourth-order valence-corrected chi connectivity index (χ4v) is 3.40. The Bertz CT molecular complexity index is 430. The Morgan fingerprint density at radius 2 is 2.40 bits per heavy atom. The highest BCUT2D eigenvalue weighted by molar-refractivity contribution is 5.81. The molecule has 1 aromatic heterocycles. The predicted octanol–water partition coefficient (Wildman–Crippen LogP) is 1.98. The van der Waals surface area contributed by atoms with Crippen molar-refractivity contribution in [3.8, 4) is 0 Å². The number of esters is 1. The van der Waals surface area contributed by atoms with E-state index in [-0.39, 0.29) is 12.0 Å². The maximum absolute atomic E-state index is 12.3. The molecule has 1 aromatic rings. The van der Waals surface area contributed by atoms with E-state index in [1.54, 1.807) is 6.20 Å². The SMILES string of the molecule is COC(=O)C1(NC(C)C)CCCC1CCn1cccn1. The summed E-state index contributed by atoms with van der Waals surface area (Å²) in [5.74, 6) is 0.190. The van der Waals surface area contributed by atoms with E-state index >= 15 is 0 Å². The number of carbonyl (C=O) groups is 1. The lowest BCUT2D eigenvalue weighted by molar-refractivity contribution is -0.151. The third-order valence-corrected chi connectivity index (χ3v) is 4.18. The smallest absolute Gasteiger partial charge is 0.326 e. The normalized spacial score (nSPS) is 26.1. The summed E-state index contributed by atoms with van der Waals surface area (Å²) in [6.45, 7) is 5.00. The van der Waals surface area contributed by atoms with Crippen molar-refractivity contribution in [2.45, 2.75) is 57.7 Å². The maximum atomic E-state index is 12.3. The molecule has 1 aliphatic carbocycles. The first kappa shape index (κ1) is 15.0. The average Bonchev–Trinajstić information content (AvgIpc) is 3.04. The zero-order valence-electron chi connectivity index (χ0n) is 12.6. The predicted molar refractivity (Wildman–Crippen MR) is 77.2 cm³/mol. The number of methoxy groups -OCH3 is 1. The first-order valence-electron chi connectivity index (χ1n) is 7.42. The summed E-state index contributed by atoms with van der Waals surface area (Å²) < 4.78 is 7.01. The van der Waals surface area contributed by atoms with Gasteiger partial charge in [0.2, 0.25) is 0 Å². The Balaban J connectivity index is 2.09. The molecule has 2 atom stereocenters. The Morgan fingerprint density at radius 3 is 3.00 bits per heavy atom. The molecular formula is C15H25N3O2. The molecule has 1 fully saturated rings. The van der Waals surface area contributed by atoms with Gasteiger partial charge in [-0.3, -0.25) is 14.8 Å². The van der Waals surface area contributed by atoms with E-state index in [4.69, 9.17) is 4.74 Å². The minimum atomic E-state index is -0.518. The summed E-state index contributed by atoms with van der Waals surface area (Å²) in [7, 11) is 1.48. The summed E-state index contributed by atoms with van der Waals surface area (Å²) in [6, 6.07) is 2.19. The number of aryl methyl sites for hydroxylation is 1. The van der Waals surface area contributed by atoms with Crippen LogP contribution in [-0.4, -0.2) is 34.4 Å². The van der Waals surface area contributed by atoms with Gasteiger partial charge in [-0.15, -0.1) is 0 Å². The number of nitrogens with zero attached hydrogens (tertiary/aromatic N) is 2. The summed E-state index contributed by atoms with van der Waals surface area (Å²) >= 11 is 0. The van der Waals surface area contributed by atoms with Gasteiger partial charge >= 0.3 is 5.97 Å². The highest BCUT2D eigenvalue weighted by Gasteiger charge is 2.49.